The number of hydrogen-bond acceptors (Lipinski definition) is 2. The Morgan fingerprint density at radius 2 is 2.06 bits per heavy atom. The molecule has 1 saturated heterocycles. The summed E-state index contributed by atoms with van der Waals surface area (Å²) < 4.78 is 5.47. The summed E-state index contributed by atoms with van der Waals surface area (Å²) in [5.74, 6) is 0.623. The van der Waals surface area contributed by atoms with Crippen molar-refractivity contribution in [3.63, 3.8) is 0 Å². The number of rotatable bonds is 4. The predicted octanol–water partition coefficient (Wildman–Crippen LogP) is 2.76. The van der Waals surface area contributed by atoms with Gasteiger partial charge in [0.1, 0.15) is 0 Å². The van der Waals surface area contributed by atoms with Gasteiger partial charge in [-0.3, -0.25) is 0 Å². The Labute approximate surface area is 104 Å². The average molecular weight is 233 g/mol. The van der Waals surface area contributed by atoms with Crippen LogP contribution in [0.4, 0.5) is 0 Å². The zero-order valence-electron chi connectivity index (χ0n) is 10.9. The molecule has 1 heterocycles. The second-order valence-electron chi connectivity index (χ2n) is 4.95. The fourth-order valence-corrected chi connectivity index (χ4v) is 2.50. The molecule has 0 amide bonds. The zero-order valence-corrected chi connectivity index (χ0v) is 10.9. The molecule has 0 bridgehead atoms. The normalized spacial score (nSPS) is 24.8. The van der Waals surface area contributed by atoms with E-state index in [0.717, 1.165) is 32.6 Å². The molecule has 1 N–H and O–H groups in total. The van der Waals surface area contributed by atoms with Gasteiger partial charge in [0.05, 0.1) is 6.61 Å². The number of ether oxygens (including phenoxy) is 1. The standard InChI is InChI=1S/C15H23NO/c1-3-13-6-4-5-7-14(13)10-16-15-8-9-17-11-12(15)2/h4-7,12,15-16H,3,8-11H2,1-2H3. The molecule has 2 heteroatoms. The van der Waals surface area contributed by atoms with Crippen molar-refractivity contribution in [1.29, 1.82) is 0 Å². The molecule has 1 aliphatic rings. The molecule has 1 fully saturated rings. The second kappa shape index (κ2) is 6.18. The van der Waals surface area contributed by atoms with E-state index >= 15 is 0 Å². The lowest BCUT2D eigenvalue weighted by molar-refractivity contribution is 0.0386. The minimum absolute atomic E-state index is 0.605. The highest BCUT2D eigenvalue weighted by atomic mass is 16.5. The van der Waals surface area contributed by atoms with Crippen molar-refractivity contribution < 1.29 is 4.74 Å². The maximum atomic E-state index is 5.47. The van der Waals surface area contributed by atoms with E-state index in [-0.39, 0.29) is 0 Å². The quantitative estimate of drug-likeness (QED) is 0.863. The number of aryl methyl sites for hydroxylation is 1. The molecule has 0 saturated carbocycles. The Balaban J connectivity index is 1.92. The maximum absolute atomic E-state index is 5.47. The van der Waals surface area contributed by atoms with Gasteiger partial charge in [0.25, 0.3) is 0 Å². The highest BCUT2D eigenvalue weighted by Gasteiger charge is 2.21. The molecule has 94 valence electrons. The van der Waals surface area contributed by atoms with Crippen molar-refractivity contribution >= 4 is 0 Å². The SMILES string of the molecule is CCc1ccccc1CNC1CCOCC1C. The third-order valence-electron chi connectivity index (χ3n) is 3.69. The fourth-order valence-electron chi connectivity index (χ4n) is 2.50. The van der Waals surface area contributed by atoms with Gasteiger partial charge in [-0.2, -0.15) is 0 Å². The first kappa shape index (κ1) is 12.6. The topological polar surface area (TPSA) is 21.3 Å². The molecule has 1 aromatic carbocycles. The summed E-state index contributed by atoms with van der Waals surface area (Å²) in [6.07, 6.45) is 2.25. The minimum atomic E-state index is 0.605. The Morgan fingerprint density at radius 1 is 1.29 bits per heavy atom. The first-order valence-corrected chi connectivity index (χ1v) is 6.69. The van der Waals surface area contributed by atoms with Gasteiger partial charge in [0, 0.05) is 19.2 Å². The number of hydrogen-bond donors (Lipinski definition) is 1. The number of nitrogens with one attached hydrogen (secondary N) is 1. The second-order valence-corrected chi connectivity index (χ2v) is 4.95. The Hall–Kier alpha value is -0.860. The van der Waals surface area contributed by atoms with Crippen LogP contribution in [-0.2, 0) is 17.7 Å². The monoisotopic (exact) mass is 233 g/mol. The first-order chi connectivity index (χ1) is 8.31. The Bertz CT molecular complexity index is 351. The Morgan fingerprint density at radius 3 is 2.76 bits per heavy atom. The molecule has 0 spiro atoms. The van der Waals surface area contributed by atoms with Gasteiger partial charge < -0.3 is 10.1 Å². The lowest BCUT2D eigenvalue weighted by Gasteiger charge is -2.30. The van der Waals surface area contributed by atoms with Crippen LogP contribution < -0.4 is 5.32 Å². The molecule has 0 aliphatic carbocycles. The van der Waals surface area contributed by atoms with Crippen LogP contribution in [0.3, 0.4) is 0 Å². The van der Waals surface area contributed by atoms with Crippen molar-refractivity contribution in [3.05, 3.63) is 35.4 Å². The highest BCUT2D eigenvalue weighted by Crippen LogP contribution is 2.15. The van der Waals surface area contributed by atoms with Crippen molar-refractivity contribution in [2.24, 2.45) is 5.92 Å². The molecule has 0 aromatic heterocycles. The molecule has 2 rings (SSSR count). The van der Waals surface area contributed by atoms with Gasteiger partial charge in [0.15, 0.2) is 0 Å². The molecule has 0 radical (unpaired) electrons. The molecular weight excluding hydrogens is 210 g/mol. The summed E-state index contributed by atoms with van der Waals surface area (Å²) >= 11 is 0. The molecular formula is C15H23NO. The molecule has 17 heavy (non-hydrogen) atoms. The van der Waals surface area contributed by atoms with E-state index in [9.17, 15) is 0 Å². The smallest absolute Gasteiger partial charge is 0.0506 e. The van der Waals surface area contributed by atoms with Crippen LogP contribution in [0.2, 0.25) is 0 Å². The van der Waals surface area contributed by atoms with Crippen LogP contribution in [0.1, 0.15) is 31.4 Å². The molecule has 2 atom stereocenters. The van der Waals surface area contributed by atoms with Crippen LogP contribution in [0.5, 0.6) is 0 Å². The molecule has 2 nitrogen and oxygen atoms in total. The first-order valence-electron chi connectivity index (χ1n) is 6.69. The van der Waals surface area contributed by atoms with Crippen molar-refractivity contribution in [3.8, 4) is 0 Å². The summed E-state index contributed by atoms with van der Waals surface area (Å²) in [6, 6.07) is 9.32. The van der Waals surface area contributed by atoms with Crippen LogP contribution in [0.25, 0.3) is 0 Å². The minimum Gasteiger partial charge on any atom is -0.381 e. The summed E-state index contributed by atoms with van der Waals surface area (Å²) in [4.78, 5) is 0. The van der Waals surface area contributed by atoms with Gasteiger partial charge in [-0.25, -0.2) is 0 Å². The fraction of sp³-hybridized carbons (Fsp3) is 0.600. The Kier molecular flexibility index (Phi) is 4.57. The van der Waals surface area contributed by atoms with Crippen LogP contribution >= 0.6 is 0 Å². The zero-order chi connectivity index (χ0) is 12.1. The summed E-state index contributed by atoms with van der Waals surface area (Å²) in [7, 11) is 0. The lowest BCUT2D eigenvalue weighted by atomic mass is 9.97. The van der Waals surface area contributed by atoms with E-state index in [4.69, 9.17) is 4.74 Å². The molecule has 2 unspecified atom stereocenters. The van der Waals surface area contributed by atoms with E-state index in [0.29, 0.717) is 12.0 Å². The van der Waals surface area contributed by atoms with Crippen molar-refractivity contribution in [1.82, 2.24) is 5.32 Å². The third kappa shape index (κ3) is 3.30. The highest BCUT2D eigenvalue weighted by molar-refractivity contribution is 5.26. The van der Waals surface area contributed by atoms with Gasteiger partial charge in [-0.05, 0) is 29.9 Å². The van der Waals surface area contributed by atoms with Crippen LogP contribution in [0.15, 0.2) is 24.3 Å². The van der Waals surface area contributed by atoms with Gasteiger partial charge >= 0.3 is 0 Å². The largest absolute Gasteiger partial charge is 0.381 e. The van der Waals surface area contributed by atoms with E-state index < -0.39 is 0 Å². The van der Waals surface area contributed by atoms with Gasteiger partial charge in [0.2, 0.25) is 0 Å². The third-order valence-corrected chi connectivity index (χ3v) is 3.69. The lowest BCUT2D eigenvalue weighted by Crippen LogP contribution is -2.41. The average Bonchev–Trinajstić information content (AvgIpc) is 2.38. The predicted molar refractivity (Wildman–Crippen MR) is 71.0 cm³/mol. The van der Waals surface area contributed by atoms with Crippen molar-refractivity contribution in [2.45, 2.75) is 39.3 Å². The van der Waals surface area contributed by atoms with Gasteiger partial charge in [-0.1, -0.05) is 38.1 Å². The summed E-state index contributed by atoms with van der Waals surface area (Å²) in [5.41, 5.74) is 2.90. The molecule has 1 aliphatic heterocycles. The van der Waals surface area contributed by atoms with E-state index in [1.54, 1.807) is 0 Å². The van der Waals surface area contributed by atoms with E-state index in [1.165, 1.54) is 11.1 Å². The maximum Gasteiger partial charge on any atom is 0.0506 e. The summed E-state index contributed by atoms with van der Waals surface area (Å²) in [5, 5.41) is 3.68. The van der Waals surface area contributed by atoms with Crippen LogP contribution in [-0.4, -0.2) is 19.3 Å². The van der Waals surface area contributed by atoms with E-state index in [2.05, 4.69) is 43.4 Å². The van der Waals surface area contributed by atoms with Gasteiger partial charge in [-0.15, -0.1) is 0 Å². The summed E-state index contributed by atoms with van der Waals surface area (Å²) in [6.45, 7) is 7.27. The number of benzene rings is 1. The molecule has 1 aromatic rings. The van der Waals surface area contributed by atoms with E-state index in [1.807, 2.05) is 0 Å². The van der Waals surface area contributed by atoms with Crippen LogP contribution in [0, 0.1) is 5.92 Å². The van der Waals surface area contributed by atoms with Crippen molar-refractivity contribution in [2.75, 3.05) is 13.2 Å².